The number of halogens is 1. The fourth-order valence-electron chi connectivity index (χ4n) is 1.33. The van der Waals surface area contributed by atoms with Crippen molar-refractivity contribution in [1.29, 1.82) is 0 Å². The number of carbonyl (C=O) groups excluding carboxylic acids is 2. The van der Waals surface area contributed by atoms with Crippen molar-refractivity contribution in [1.82, 2.24) is 5.32 Å². The third-order valence-corrected chi connectivity index (χ3v) is 2.33. The molecule has 0 fully saturated rings. The normalized spacial score (nSPS) is 9.43. The molecule has 1 aromatic carbocycles. The summed E-state index contributed by atoms with van der Waals surface area (Å²) >= 11 is 0. The summed E-state index contributed by atoms with van der Waals surface area (Å²) in [7, 11) is 1.60. The highest BCUT2D eigenvalue weighted by Gasteiger charge is 2.04. The maximum absolute atomic E-state index is 11.5. The molecule has 1 rings (SSSR count). The lowest BCUT2D eigenvalue weighted by atomic mass is 10.3. The number of carbonyl (C=O) groups is 2. The van der Waals surface area contributed by atoms with Gasteiger partial charge in [-0.1, -0.05) is 0 Å². The number of hydrogen-bond donors (Lipinski definition) is 3. The van der Waals surface area contributed by atoms with Gasteiger partial charge in [0.1, 0.15) is 12.4 Å². The van der Waals surface area contributed by atoms with Crippen molar-refractivity contribution in [2.45, 2.75) is 0 Å². The van der Waals surface area contributed by atoms with Crippen molar-refractivity contribution in [2.75, 3.05) is 38.7 Å². The van der Waals surface area contributed by atoms with Gasteiger partial charge in [0.25, 0.3) is 0 Å². The summed E-state index contributed by atoms with van der Waals surface area (Å²) in [6, 6.07) is 6.91. The highest BCUT2D eigenvalue weighted by atomic mass is 35.5. The van der Waals surface area contributed by atoms with Gasteiger partial charge in [0.15, 0.2) is 0 Å². The molecule has 7 nitrogen and oxygen atoms in total. The molecule has 0 aliphatic heterocycles. The van der Waals surface area contributed by atoms with E-state index in [1.807, 2.05) is 0 Å². The number of nitrogens with two attached hydrogens (primary N) is 1. The second-order valence-electron chi connectivity index (χ2n) is 3.89. The molecule has 0 saturated heterocycles. The number of hydrogen-bond acceptors (Lipinski definition) is 5. The zero-order valence-corrected chi connectivity index (χ0v) is 12.6. The highest BCUT2D eigenvalue weighted by molar-refractivity contribution is 5.94. The number of methoxy groups -OCH3 is 1. The maximum Gasteiger partial charge on any atom is 0.243 e. The summed E-state index contributed by atoms with van der Waals surface area (Å²) in [5, 5.41) is 5.02. The Labute approximate surface area is 129 Å². The molecule has 1 aromatic rings. The van der Waals surface area contributed by atoms with Crippen molar-refractivity contribution >= 4 is 29.9 Å². The molecule has 4 N–H and O–H groups in total. The number of nitrogens with one attached hydrogen (secondary N) is 2. The number of amides is 2. The molecule has 2 amide bonds. The molecule has 0 aromatic heterocycles. The van der Waals surface area contributed by atoms with Gasteiger partial charge >= 0.3 is 0 Å². The van der Waals surface area contributed by atoms with Crippen molar-refractivity contribution in [3.8, 4) is 5.75 Å². The minimum absolute atomic E-state index is 0. The molecular weight excluding hydrogens is 298 g/mol. The van der Waals surface area contributed by atoms with E-state index in [0.29, 0.717) is 24.7 Å². The van der Waals surface area contributed by atoms with Gasteiger partial charge in [-0.2, -0.15) is 0 Å². The van der Waals surface area contributed by atoms with Gasteiger partial charge in [0.2, 0.25) is 11.8 Å². The predicted octanol–water partition coefficient (Wildman–Crippen LogP) is 0.147. The summed E-state index contributed by atoms with van der Waals surface area (Å²) in [6.07, 6.45) is 0. The molecule has 8 heteroatoms. The Morgan fingerprint density at radius 3 is 2.38 bits per heavy atom. The number of rotatable bonds is 8. The van der Waals surface area contributed by atoms with Gasteiger partial charge < -0.3 is 25.8 Å². The van der Waals surface area contributed by atoms with Gasteiger partial charge in [-0.15, -0.1) is 12.4 Å². The fourth-order valence-corrected chi connectivity index (χ4v) is 1.33. The monoisotopic (exact) mass is 317 g/mol. The number of anilines is 1. The van der Waals surface area contributed by atoms with Crippen LogP contribution in [0.1, 0.15) is 0 Å². The van der Waals surface area contributed by atoms with E-state index in [1.54, 1.807) is 31.4 Å². The first-order valence-corrected chi connectivity index (χ1v) is 6.14. The minimum Gasteiger partial charge on any atom is -0.491 e. The molecule has 21 heavy (non-hydrogen) atoms. The second-order valence-corrected chi connectivity index (χ2v) is 3.89. The summed E-state index contributed by atoms with van der Waals surface area (Å²) < 4.78 is 10.3. The van der Waals surface area contributed by atoms with E-state index in [1.165, 1.54) is 0 Å². The van der Waals surface area contributed by atoms with Gasteiger partial charge in [0.05, 0.1) is 19.7 Å². The Morgan fingerprint density at radius 1 is 1.14 bits per heavy atom. The van der Waals surface area contributed by atoms with Crippen LogP contribution in [0.5, 0.6) is 5.75 Å². The van der Waals surface area contributed by atoms with Crippen LogP contribution in [0.15, 0.2) is 24.3 Å². The Kier molecular flexibility index (Phi) is 9.95. The summed E-state index contributed by atoms with van der Waals surface area (Å²) in [6.45, 7) is 0.732. The lowest BCUT2D eigenvalue weighted by Crippen LogP contribution is -2.36. The van der Waals surface area contributed by atoms with Gasteiger partial charge in [0, 0.05) is 12.8 Å². The average Bonchev–Trinajstić information content (AvgIpc) is 2.47. The Bertz CT molecular complexity index is 440. The topological polar surface area (TPSA) is 103 Å². The van der Waals surface area contributed by atoms with Crippen LogP contribution >= 0.6 is 12.4 Å². The molecule has 0 aliphatic carbocycles. The molecule has 0 atom stereocenters. The van der Waals surface area contributed by atoms with E-state index < -0.39 is 0 Å². The third kappa shape index (κ3) is 8.13. The van der Waals surface area contributed by atoms with Crippen LogP contribution < -0.4 is 21.1 Å². The molecule has 0 unspecified atom stereocenters. The first-order valence-electron chi connectivity index (χ1n) is 6.14. The fraction of sp³-hybridized carbons (Fsp3) is 0.385. The SMILES string of the molecule is COCCOc1ccc(NC(=O)CNC(=O)CN)cc1.Cl. The van der Waals surface area contributed by atoms with Crippen LogP contribution in [0.25, 0.3) is 0 Å². The number of benzene rings is 1. The van der Waals surface area contributed by atoms with Gasteiger partial charge in [-0.3, -0.25) is 9.59 Å². The second kappa shape index (κ2) is 10.9. The Morgan fingerprint density at radius 2 is 1.81 bits per heavy atom. The molecule has 0 saturated carbocycles. The van der Waals surface area contributed by atoms with E-state index in [2.05, 4.69) is 10.6 Å². The minimum atomic E-state index is -0.373. The third-order valence-electron chi connectivity index (χ3n) is 2.33. The van der Waals surface area contributed by atoms with Crippen LogP contribution in [-0.4, -0.2) is 45.2 Å². The lowest BCUT2D eigenvalue weighted by Gasteiger charge is -2.08. The van der Waals surface area contributed by atoms with Crippen LogP contribution in [0.2, 0.25) is 0 Å². The molecule has 118 valence electrons. The van der Waals surface area contributed by atoms with Gasteiger partial charge in [-0.25, -0.2) is 0 Å². The number of ether oxygens (including phenoxy) is 2. The first kappa shape index (κ1) is 19.2. The van der Waals surface area contributed by atoms with Crippen molar-refractivity contribution < 1.29 is 19.1 Å². The predicted molar refractivity (Wildman–Crippen MR) is 81.8 cm³/mol. The highest BCUT2D eigenvalue weighted by Crippen LogP contribution is 2.15. The average molecular weight is 318 g/mol. The van der Waals surface area contributed by atoms with Crippen molar-refractivity contribution in [3.63, 3.8) is 0 Å². The standard InChI is InChI=1S/C13H19N3O4.ClH/c1-19-6-7-20-11-4-2-10(3-5-11)16-13(18)9-15-12(17)8-14;/h2-5H,6-9,14H2,1H3,(H,15,17)(H,16,18);1H. The van der Waals surface area contributed by atoms with Crippen LogP contribution in [-0.2, 0) is 14.3 Å². The lowest BCUT2D eigenvalue weighted by molar-refractivity contribution is -0.123. The largest absolute Gasteiger partial charge is 0.491 e. The van der Waals surface area contributed by atoms with Crippen molar-refractivity contribution in [3.05, 3.63) is 24.3 Å². The molecule has 0 heterocycles. The van der Waals surface area contributed by atoms with Crippen LogP contribution in [0.4, 0.5) is 5.69 Å². The van der Waals surface area contributed by atoms with E-state index in [0.717, 1.165) is 0 Å². The smallest absolute Gasteiger partial charge is 0.243 e. The first-order chi connectivity index (χ1) is 9.65. The van der Waals surface area contributed by atoms with E-state index in [-0.39, 0.29) is 37.3 Å². The summed E-state index contributed by atoms with van der Waals surface area (Å²) in [4.78, 5) is 22.4. The van der Waals surface area contributed by atoms with Crippen LogP contribution in [0, 0.1) is 0 Å². The summed E-state index contributed by atoms with van der Waals surface area (Å²) in [5.41, 5.74) is 5.73. The summed E-state index contributed by atoms with van der Waals surface area (Å²) in [5.74, 6) is -0.00150. The van der Waals surface area contributed by atoms with Crippen molar-refractivity contribution in [2.24, 2.45) is 5.73 Å². The Balaban J connectivity index is 0.00000400. The zero-order valence-electron chi connectivity index (χ0n) is 11.8. The Hall–Kier alpha value is -1.83. The molecule has 0 bridgehead atoms. The molecule has 0 aliphatic rings. The van der Waals surface area contributed by atoms with E-state index >= 15 is 0 Å². The van der Waals surface area contributed by atoms with Crippen LogP contribution in [0.3, 0.4) is 0 Å². The van der Waals surface area contributed by atoms with Gasteiger partial charge in [-0.05, 0) is 24.3 Å². The van der Waals surface area contributed by atoms with E-state index in [4.69, 9.17) is 15.2 Å². The molecule has 0 radical (unpaired) electrons. The quantitative estimate of drug-likeness (QED) is 0.592. The zero-order chi connectivity index (χ0) is 14.8. The molecule has 0 spiro atoms. The maximum atomic E-state index is 11.5. The molecular formula is C13H20ClN3O4. The van der Waals surface area contributed by atoms with E-state index in [9.17, 15) is 9.59 Å².